The van der Waals surface area contributed by atoms with Crippen molar-refractivity contribution >= 4 is 28.0 Å². The molecule has 0 radical (unpaired) electrons. The normalized spacial score (nSPS) is 11.2. The fourth-order valence-electron chi connectivity index (χ4n) is 4.39. The van der Waals surface area contributed by atoms with E-state index in [1.165, 1.54) is 0 Å². The maximum atomic E-state index is 13.3. The third-order valence-electron chi connectivity index (χ3n) is 6.28. The molecule has 0 atom stereocenters. The Morgan fingerprint density at radius 3 is 2.49 bits per heavy atom. The van der Waals surface area contributed by atoms with Crippen LogP contribution in [0.15, 0.2) is 91.3 Å². The Balaban J connectivity index is 1.40. The van der Waals surface area contributed by atoms with Gasteiger partial charge in [0.05, 0.1) is 29.8 Å². The van der Waals surface area contributed by atoms with Crippen molar-refractivity contribution in [1.29, 1.82) is 0 Å². The van der Waals surface area contributed by atoms with Gasteiger partial charge in [0, 0.05) is 34.5 Å². The Hall–Kier alpha value is -4.95. The summed E-state index contributed by atoms with van der Waals surface area (Å²) < 4.78 is 0. The molecule has 4 heterocycles. The van der Waals surface area contributed by atoms with E-state index in [4.69, 9.17) is 4.98 Å². The third-order valence-corrected chi connectivity index (χ3v) is 6.28. The predicted molar refractivity (Wildman–Crippen MR) is 142 cm³/mol. The van der Waals surface area contributed by atoms with E-state index in [0.717, 1.165) is 40.0 Å². The SMILES string of the molecule is [NH3+]Cc1ccc(-c2nc3ccnc(C(=O)NCc4nc5ncccc5[nH]4)c3cc2-c2ccccc2)cc1. The fourth-order valence-corrected chi connectivity index (χ4v) is 4.39. The zero-order valence-electron chi connectivity index (χ0n) is 20.0. The molecular weight excluding hydrogens is 462 g/mol. The first-order valence-electron chi connectivity index (χ1n) is 12.0. The molecular formula is C29H24N7O+. The van der Waals surface area contributed by atoms with E-state index < -0.39 is 0 Å². The first-order valence-corrected chi connectivity index (χ1v) is 12.0. The predicted octanol–water partition coefficient (Wildman–Crippen LogP) is 3.91. The first-order chi connectivity index (χ1) is 18.2. The van der Waals surface area contributed by atoms with Crippen LogP contribution >= 0.6 is 0 Å². The van der Waals surface area contributed by atoms with Crippen molar-refractivity contribution in [1.82, 2.24) is 30.2 Å². The zero-order valence-corrected chi connectivity index (χ0v) is 20.0. The molecule has 0 aliphatic rings. The molecule has 0 saturated heterocycles. The second-order valence-corrected chi connectivity index (χ2v) is 8.66. The van der Waals surface area contributed by atoms with Gasteiger partial charge in [-0.3, -0.25) is 9.78 Å². The quantitative estimate of drug-likeness (QED) is 0.329. The molecule has 0 unspecified atom stereocenters. The minimum absolute atomic E-state index is 0.225. The largest absolute Gasteiger partial charge is 0.354 e. The molecule has 0 bridgehead atoms. The van der Waals surface area contributed by atoms with Gasteiger partial charge in [-0.25, -0.2) is 15.0 Å². The van der Waals surface area contributed by atoms with Gasteiger partial charge in [-0.05, 0) is 29.8 Å². The summed E-state index contributed by atoms with van der Waals surface area (Å²) in [5.41, 5.74) is 11.4. The molecule has 0 fully saturated rings. The second kappa shape index (κ2) is 9.60. The molecule has 2 aromatic carbocycles. The van der Waals surface area contributed by atoms with Crippen LogP contribution in [0.2, 0.25) is 0 Å². The van der Waals surface area contributed by atoms with Crippen molar-refractivity contribution in [3.05, 3.63) is 108 Å². The number of nitrogens with zero attached hydrogens (tertiary/aromatic N) is 4. The number of quaternary nitrogens is 1. The van der Waals surface area contributed by atoms with E-state index in [1.54, 1.807) is 12.4 Å². The highest BCUT2D eigenvalue weighted by molar-refractivity contribution is 6.06. The van der Waals surface area contributed by atoms with Crippen LogP contribution in [-0.2, 0) is 13.1 Å². The van der Waals surface area contributed by atoms with Gasteiger partial charge in [0.15, 0.2) is 5.65 Å². The summed E-state index contributed by atoms with van der Waals surface area (Å²) in [6.45, 7) is 0.953. The van der Waals surface area contributed by atoms with Crippen molar-refractivity contribution in [2.45, 2.75) is 13.1 Å². The van der Waals surface area contributed by atoms with Crippen molar-refractivity contribution in [3.8, 4) is 22.4 Å². The smallest absolute Gasteiger partial charge is 0.270 e. The third kappa shape index (κ3) is 4.41. The van der Waals surface area contributed by atoms with Gasteiger partial charge in [-0.1, -0.05) is 54.6 Å². The molecule has 6 aromatic rings. The molecule has 8 nitrogen and oxygen atoms in total. The van der Waals surface area contributed by atoms with Crippen LogP contribution in [0.4, 0.5) is 0 Å². The van der Waals surface area contributed by atoms with Gasteiger partial charge in [0.25, 0.3) is 5.91 Å². The topological polar surface area (TPSA) is 124 Å². The number of nitrogens with one attached hydrogen (secondary N) is 2. The highest BCUT2D eigenvalue weighted by Crippen LogP contribution is 2.34. The van der Waals surface area contributed by atoms with Crippen LogP contribution in [0, 0.1) is 0 Å². The molecule has 0 aliphatic heterocycles. The van der Waals surface area contributed by atoms with Gasteiger partial charge in [0.1, 0.15) is 11.5 Å². The number of carbonyl (C=O) groups excluding carboxylic acids is 1. The van der Waals surface area contributed by atoms with Crippen LogP contribution in [-0.4, -0.2) is 30.8 Å². The summed E-state index contributed by atoms with van der Waals surface area (Å²) in [6.07, 6.45) is 3.31. The highest BCUT2D eigenvalue weighted by atomic mass is 16.1. The Morgan fingerprint density at radius 1 is 0.865 bits per heavy atom. The zero-order chi connectivity index (χ0) is 25.2. The molecule has 4 aromatic heterocycles. The number of hydrogen-bond acceptors (Lipinski definition) is 5. The molecule has 180 valence electrons. The Labute approximate surface area is 212 Å². The first kappa shape index (κ1) is 22.5. The minimum Gasteiger partial charge on any atom is -0.354 e. The highest BCUT2D eigenvalue weighted by Gasteiger charge is 2.18. The fraction of sp³-hybridized carbons (Fsp3) is 0.0690. The van der Waals surface area contributed by atoms with E-state index in [2.05, 4.69) is 55.3 Å². The summed E-state index contributed by atoms with van der Waals surface area (Å²) in [6, 6.07) is 25.9. The lowest BCUT2D eigenvalue weighted by molar-refractivity contribution is -0.386. The maximum absolute atomic E-state index is 13.3. The number of aromatic amines is 1. The summed E-state index contributed by atoms with van der Waals surface area (Å²) in [4.78, 5) is 34.5. The molecule has 37 heavy (non-hydrogen) atoms. The number of benzene rings is 2. The van der Waals surface area contributed by atoms with E-state index in [0.29, 0.717) is 28.1 Å². The summed E-state index contributed by atoms with van der Waals surface area (Å²) in [7, 11) is 0. The van der Waals surface area contributed by atoms with Crippen LogP contribution in [0.5, 0.6) is 0 Å². The molecule has 0 aliphatic carbocycles. The minimum atomic E-state index is -0.299. The number of imidazole rings is 1. The summed E-state index contributed by atoms with van der Waals surface area (Å²) in [5.74, 6) is 0.325. The van der Waals surface area contributed by atoms with Crippen molar-refractivity contribution in [2.24, 2.45) is 0 Å². The van der Waals surface area contributed by atoms with E-state index >= 15 is 0 Å². The number of pyridine rings is 3. The van der Waals surface area contributed by atoms with Gasteiger partial charge in [-0.15, -0.1) is 0 Å². The number of fused-ring (bicyclic) bond motifs is 2. The van der Waals surface area contributed by atoms with Crippen LogP contribution in [0.1, 0.15) is 21.9 Å². The van der Waals surface area contributed by atoms with E-state index in [-0.39, 0.29) is 12.5 Å². The summed E-state index contributed by atoms with van der Waals surface area (Å²) >= 11 is 0. The van der Waals surface area contributed by atoms with Crippen molar-refractivity contribution < 1.29 is 10.5 Å². The average Bonchev–Trinajstić information content (AvgIpc) is 3.38. The van der Waals surface area contributed by atoms with Crippen LogP contribution < -0.4 is 11.1 Å². The van der Waals surface area contributed by atoms with Crippen molar-refractivity contribution in [3.63, 3.8) is 0 Å². The number of amides is 1. The van der Waals surface area contributed by atoms with Gasteiger partial charge in [-0.2, -0.15) is 0 Å². The molecule has 0 saturated carbocycles. The molecule has 0 spiro atoms. The van der Waals surface area contributed by atoms with Gasteiger partial charge in [0.2, 0.25) is 0 Å². The van der Waals surface area contributed by atoms with Crippen LogP contribution in [0.3, 0.4) is 0 Å². The lowest BCUT2D eigenvalue weighted by Crippen LogP contribution is -2.47. The molecule has 1 amide bonds. The van der Waals surface area contributed by atoms with Gasteiger partial charge >= 0.3 is 0 Å². The van der Waals surface area contributed by atoms with E-state index in [9.17, 15) is 4.79 Å². The lowest BCUT2D eigenvalue weighted by Gasteiger charge is -2.13. The number of carbonyl (C=O) groups is 1. The monoisotopic (exact) mass is 486 g/mol. The Bertz CT molecular complexity index is 1690. The number of hydrogen-bond donors (Lipinski definition) is 3. The Kier molecular flexibility index (Phi) is 5.84. The van der Waals surface area contributed by atoms with Crippen LogP contribution in [0.25, 0.3) is 44.5 Å². The molecule has 5 N–H and O–H groups in total. The average molecular weight is 487 g/mol. The lowest BCUT2D eigenvalue weighted by atomic mass is 9.96. The molecule has 6 rings (SSSR count). The molecule has 8 heteroatoms. The summed E-state index contributed by atoms with van der Waals surface area (Å²) in [5, 5.41) is 3.61. The van der Waals surface area contributed by atoms with Gasteiger partial charge < -0.3 is 16.0 Å². The second-order valence-electron chi connectivity index (χ2n) is 8.66. The number of aromatic nitrogens is 5. The number of H-pyrrole nitrogens is 1. The Morgan fingerprint density at radius 2 is 1.70 bits per heavy atom. The standard InChI is InChI=1S/C29H23N7O/c30-16-18-8-10-20(11-9-18)26-21(19-5-2-1-3-6-19)15-22-23(35-26)12-14-31-27(22)29(37)33-17-25-34-24-7-4-13-32-28(24)36-25/h1-15H,16-17,30H2,(H,33,37)(H,32,34,36)/p+1. The number of rotatable bonds is 6. The van der Waals surface area contributed by atoms with E-state index in [1.807, 2.05) is 54.6 Å². The van der Waals surface area contributed by atoms with Crippen molar-refractivity contribution in [2.75, 3.05) is 0 Å². The maximum Gasteiger partial charge on any atom is 0.270 e.